The van der Waals surface area contributed by atoms with Crippen LogP contribution in [0.25, 0.3) is 0 Å². The van der Waals surface area contributed by atoms with Crippen molar-refractivity contribution in [2.75, 3.05) is 23.4 Å². The van der Waals surface area contributed by atoms with Gasteiger partial charge in [0.1, 0.15) is 11.9 Å². The van der Waals surface area contributed by atoms with Gasteiger partial charge in [-0.25, -0.2) is 4.39 Å². The Bertz CT molecular complexity index is 447. The predicted octanol–water partition coefficient (Wildman–Crippen LogP) is 0.815. The van der Waals surface area contributed by atoms with Crippen molar-refractivity contribution in [3.8, 4) is 0 Å². The van der Waals surface area contributed by atoms with E-state index in [-0.39, 0.29) is 35.4 Å². The van der Waals surface area contributed by atoms with E-state index in [1.807, 2.05) is 0 Å². The molecule has 8 heteroatoms. The summed E-state index contributed by atoms with van der Waals surface area (Å²) in [7, 11) is 0. The number of nitrogen functional groups attached to an aromatic ring is 2. The average molecular weight is 276 g/mol. The second-order valence-corrected chi connectivity index (χ2v) is 4.76. The van der Waals surface area contributed by atoms with Crippen LogP contribution < -0.4 is 16.8 Å². The van der Waals surface area contributed by atoms with Crippen LogP contribution in [0.5, 0.6) is 0 Å². The van der Waals surface area contributed by atoms with Gasteiger partial charge in [-0.2, -0.15) is 9.97 Å². The van der Waals surface area contributed by atoms with Crippen LogP contribution in [0.2, 0.25) is 5.15 Å². The highest BCUT2D eigenvalue weighted by Gasteiger charge is 2.34. The highest BCUT2D eigenvalue weighted by atomic mass is 35.5. The molecule has 1 aromatic rings. The first-order valence-corrected chi connectivity index (χ1v) is 5.99. The van der Waals surface area contributed by atoms with Crippen molar-refractivity contribution in [2.45, 2.75) is 25.1 Å². The molecule has 1 saturated carbocycles. The molecule has 6 N–H and O–H groups in total. The normalized spacial score (nSPS) is 27.4. The molecule has 1 heterocycles. The molecule has 0 amide bonds. The first kappa shape index (κ1) is 13.1. The molecule has 100 valence electrons. The van der Waals surface area contributed by atoms with Gasteiger partial charge >= 0.3 is 0 Å². The Balaban J connectivity index is 2.11. The zero-order valence-corrected chi connectivity index (χ0v) is 10.4. The summed E-state index contributed by atoms with van der Waals surface area (Å²) in [5, 5.41) is 12.1. The van der Waals surface area contributed by atoms with E-state index < -0.39 is 6.17 Å². The number of alkyl halides is 1. The maximum Gasteiger partial charge on any atom is 0.223 e. The minimum Gasteiger partial charge on any atom is -0.396 e. The zero-order valence-electron chi connectivity index (χ0n) is 9.61. The number of halogens is 2. The molecular formula is C10H15ClFN5O. The standard InChI is InChI=1S/C10H15ClFN5O/c11-8-7(13)9(17-10(14)16-8)15-5-1-4(3-18)6(12)2-5/h4-6,18H,1-3,13H2,(H3,14,15,16,17)/t4-,5-,6+/m0/s1. The summed E-state index contributed by atoms with van der Waals surface area (Å²) in [4.78, 5) is 7.64. The van der Waals surface area contributed by atoms with Gasteiger partial charge in [0.2, 0.25) is 5.95 Å². The van der Waals surface area contributed by atoms with E-state index in [1.165, 1.54) is 0 Å². The molecule has 1 fully saturated rings. The van der Waals surface area contributed by atoms with E-state index in [1.54, 1.807) is 0 Å². The topological polar surface area (TPSA) is 110 Å². The zero-order chi connectivity index (χ0) is 13.3. The number of hydrogen-bond acceptors (Lipinski definition) is 6. The lowest BCUT2D eigenvalue weighted by Gasteiger charge is -2.15. The van der Waals surface area contributed by atoms with E-state index in [9.17, 15) is 4.39 Å². The number of aromatic nitrogens is 2. The maximum atomic E-state index is 13.5. The number of aliphatic hydroxyl groups excluding tert-OH is 1. The van der Waals surface area contributed by atoms with Crippen molar-refractivity contribution in [3.05, 3.63) is 5.15 Å². The van der Waals surface area contributed by atoms with Gasteiger partial charge in [0, 0.05) is 18.6 Å². The average Bonchev–Trinajstić information content (AvgIpc) is 2.65. The van der Waals surface area contributed by atoms with E-state index in [4.69, 9.17) is 28.2 Å². The summed E-state index contributed by atoms with van der Waals surface area (Å²) in [6.45, 7) is -0.165. The minimum atomic E-state index is -1.02. The Hall–Kier alpha value is -1.34. The SMILES string of the molecule is Nc1nc(Cl)c(N)c(N[C@H]2C[C@@H](CO)[C@H](F)C2)n1. The summed E-state index contributed by atoms with van der Waals surface area (Å²) in [6, 6.07) is -0.148. The van der Waals surface area contributed by atoms with Crippen LogP contribution in [0.3, 0.4) is 0 Å². The molecule has 3 atom stereocenters. The van der Waals surface area contributed by atoms with E-state index >= 15 is 0 Å². The lowest BCUT2D eigenvalue weighted by molar-refractivity contribution is 0.162. The number of nitrogens with one attached hydrogen (secondary N) is 1. The number of nitrogens with two attached hydrogens (primary N) is 2. The van der Waals surface area contributed by atoms with Crippen molar-refractivity contribution >= 4 is 29.1 Å². The third kappa shape index (κ3) is 2.56. The van der Waals surface area contributed by atoms with Crippen LogP contribution in [0.15, 0.2) is 0 Å². The van der Waals surface area contributed by atoms with Gasteiger partial charge < -0.3 is 21.9 Å². The van der Waals surface area contributed by atoms with Gasteiger partial charge in [0.15, 0.2) is 11.0 Å². The number of nitrogens with zero attached hydrogens (tertiary/aromatic N) is 2. The summed E-state index contributed by atoms with van der Waals surface area (Å²) in [5.74, 6) is -0.0353. The molecule has 1 aliphatic carbocycles. The molecule has 0 unspecified atom stereocenters. The molecular weight excluding hydrogens is 261 g/mol. The molecule has 0 spiro atoms. The van der Waals surface area contributed by atoms with E-state index in [2.05, 4.69) is 15.3 Å². The van der Waals surface area contributed by atoms with Crippen LogP contribution in [0.4, 0.5) is 21.8 Å². The molecule has 0 aromatic carbocycles. The second kappa shape index (κ2) is 5.11. The van der Waals surface area contributed by atoms with Crippen molar-refractivity contribution in [3.63, 3.8) is 0 Å². The molecule has 0 radical (unpaired) electrons. The summed E-state index contributed by atoms with van der Waals surface area (Å²) < 4.78 is 13.5. The third-order valence-corrected chi connectivity index (χ3v) is 3.39. The monoisotopic (exact) mass is 275 g/mol. The van der Waals surface area contributed by atoms with Gasteiger partial charge in [-0.15, -0.1) is 0 Å². The van der Waals surface area contributed by atoms with Gasteiger partial charge in [0.25, 0.3) is 0 Å². The quantitative estimate of drug-likeness (QED) is 0.608. The highest BCUT2D eigenvalue weighted by Crippen LogP contribution is 2.32. The maximum absolute atomic E-state index is 13.5. The molecule has 2 rings (SSSR count). The molecule has 0 aliphatic heterocycles. The Morgan fingerprint density at radius 2 is 2.11 bits per heavy atom. The summed E-state index contributed by atoms with van der Waals surface area (Å²) in [5.41, 5.74) is 11.4. The van der Waals surface area contributed by atoms with Gasteiger partial charge in [-0.1, -0.05) is 11.6 Å². The largest absolute Gasteiger partial charge is 0.396 e. The molecule has 18 heavy (non-hydrogen) atoms. The van der Waals surface area contributed by atoms with E-state index in [0.717, 1.165) is 0 Å². The Labute approximate surface area is 109 Å². The summed E-state index contributed by atoms with van der Waals surface area (Å²) in [6.07, 6.45) is -0.214. The fraction of sp³-hybridized carbons (Fsp3) is 0.600. The Morgan fingerprint density at radius 1 is 1.39 bits per heavy atom. The lowest BCUT2D eigenvalue weighted by Crippen LogP contribution is -2.19. The van der Waals surface area contributed by atoms with Gasteiger partial charge in [-0.05, 0) is 12.8 Å². The number of rotatable bonds is 3. The van der Waals surface area contributed by atoms with Crippen molar-refractivity contribution < 1.29 is 9.50 Å². The first-order chi connectivity index (χ1) is 8.51. The van der Waals surface area contributed by atoms with Crippen LogP contribution in [0.1, 0.15) is 12.8 Å². The second-order valence-electron chi connectivity index (χ2n) is 4.41. The van der Waals surface area contributed by atoms with Gasteiger partial charge in [0.05, 0.1) is 0 Å². The Kier molecular flexibility index (Phi) is 3.72. The summed E-state index contributed by atoms with van der Waals surface area (Å²) >= 11 is 5.78. The van der Waals surface area contributed by atoms with Crippen molar-refractivity contribution in [1.29, 1.82) is 0 Å². The van der Waals surface area contributed by atoms with E-state index in [0.29, 0.717) is 18.7 Å². The fourth-order valence-electron chi connectivity index (χ4n) is 2.14. The first-order valence-electron chi connectivity index (χ1n) is 5.61. The van der Waals surface area contributed by atoms with Gasteiger partial charge in [-0.3, -0.25) is 0 Å². The molecule has 1 aromatic heterocycles. The smallest absolute Gasteiger partial charge is 0.223 e. The number of aliphatic hydroxyl groups is 1. The molecule has 0 saturated heterocycles. The van der Waals surface area contributed by atoms with Crippen LogP contribution in [-0.2, 0) is 0 Å². The third-order valence-electron chi connectivity index (χ3n) is 3.10. The number of anilines is 3. The fourth-order valence-corrected chi connectivity index (χ4v) is 2.32. The van der Waals surface area contributed by atoms with Crippen molar-refractivity contribution in [1.82, 2.24) is 9.97 Å². The molecule has 0 bridgehead atoms. The predicted molar refractivity (Wildman–Crippen MR) is 68.0 cm³/mol. The minimum absolute atomic E-state index is 0.00482. The number of hydrogen-bond donors (Lipinski definition) is 4. The molecule has 6 nitrogen and oxygen atoms in total. The van der Waals surface area contributed by atoms with Crippen LogP contribution in [0, 0.1) is 5.92 Å². The van der Waals surface area contributed by atoms with Crippen LogP contribution >= 0.6 is 11.6 Å². The highest BCUT2D eigenvalue weighted by molar-refractivity contribution is 6.32. The lowest BCUT2D eigenvalue weighted by atomic mass is 10.1. The van der Waals surface area contributed by atoms with Crippen LogP contribution in [-0.4, -0.2) is 33.9 Å². The van der Waals surface area contributed by atoms with Crippen molar-refractivity contribution in [2.24, 2.45) is 5.92 Å². The molecule has 1 aliphatic rings. The Morgan fingerprint density at radius 3 is 2.72 bits per heavy atom.